The highest BCUT2D eigenvalue weighted by Gasteiger charge is 2.09. The number of carbonyl (C=O) groups excluding carboxylic acids is 2. The van der Waals surface area contributed by atoms with Gasteiger partial charge in [0.15, 0.2) is 5.11 Å². The maximum absolute atomic E-state index is 12.2. The maximum atomic E-state index is 12.2. The maximum Gasteiger partial charge on any atom is 0.257 e. The molecule has 0 aliphatic rings. The summed E-state index contributed by atoms with van der Waals surface area (Å²) in [5.41, 5.74) is 2.69. The molecule has 5 nitrogen and oxygen atoms in total. The molecule has 0 aliphatic heterocycles. The molecule has 0 heterocycles. The van der Waals surface area contributed by atoms with Crippen LogP contribution in [0.25, 0.3) is 0 Å². The van der Waals surface area contributed by atoms with Gasteiger partial charge in [0.25, 0.3) is 11.8 Å². The summed E-state index contributed by atoms with van der Waals surface area (Å²) in [6.45, 7) is 4.33. The number of aryl methyl sites for hydroxylation is 1. The van der Waals surface area contributed by atoms with Crippen LogP contribution in [0.1, 0.15) is 33.2 Å². The van der Waals surface area contributed by atoms with Crippen LogP contribution >= 0.6 is 12.2 Å². The fraction of sp³-hybridized carbons (Fsp3) is 0.167. The summed E-state index contributed by atoms with van der Waals surface area (Å²) in [6.07, 6.45) is 0. The summed E-state index contributed by atoms with van der Waals surface area (Å²) in [6, 6.07) is 14.2. The molecule has 0 unspecified atom stereocenters. The molecule has 0 atom stereocenters. The molecular weight excluding hydrogens is 322 g/mol. The Labute approximate surface area is 146 Å². The summed E-state index contributed by atoms with van der Waals surface area (Å²) in [4.78, 5) is 24.0. The molecular formula is C18H19N3O2S. The standard InChI is InChI=1S/C18H19N3O2S/c1-3-19-16(22)14-8-5-9-15(11-14)20-18(24)21-17(23)13-7-4-6-12(2)10-13/h4-11H,3H2,1-2H3,(H,19,22)(H2,20,21,23,24). The molecule has 0 saturated carbocycles. The number of hydrogen-bond acceptors (Lipinski definition) is 3. The highest BCUT2D eigenvalue weighted by atomic mass is 32.1. The van der Waals surface area contributed by atoms with Gasteiger partial charge >= 0.3 is 0 Å². The van der Waals surface area contributed by atoms with Crippen molar-refractivity contribution in [3.05, 3.63) is 65.2 Å². The Hall–Kier alpha value is -2.73. The summed E-state index contributed by atoms with van der Waals surface area (Å²) in [5, 5.41) is 8.45. The van der Waals surface area contributed by atoms with Crippen LogP contribution in [0.4, 0.5) is 5.69 Å². The summed E-state index contributed by atoms with van der Waals surface area (Å²) < 4.78 is 0. The van der Waals surface area contributed by atoms with Crippen molar-refractivity contribution in [3.63, 3.8) is 0 Å². The third kappa shape index (κ3) is 4.89. The predicted molar refractivity (Wildman–Crippen MR) is 99.3 cm³/mol. The smallest absolute Gasteiger partial charge is 0.257 e. The van der Waals surface area contributed by atoms with Gasteiger partial charge in [0, 0.05) is 23.4 Å². The molecule has 0 saturated heterocycles. The monoisotopic (exact) mass is 341 g/mol. The van der Waals surface area contributed by atoms with Crippen molar-refractivity contribution >= 4 is 34.8 Å². The fourth-order valence-corrected chi connectivity index (χ4v) is 2.34. The normalized spacial score (nSPS) is 9.92. The topological polar surface area (TPSA) is 70.2 Å². The van der Waals surface area contributed by atoms with Crippen molar-refractivity contribution in [3.8, 4) is 0 Å². The van der Waals surface area contributed by atoms with Crippen molar-refractivity contribution in [2.24, 2.45) is 0 Å². The van der Waals surface area contributed by atoms with E-state index in [1.165, 1.54) is 0 Å². The minimum Gasteiger partial charge on any atom is -0.352 e. The lowest BCUT2D eigenvalue weighted by Gasteiger charge is -2.11. The van der Waals surface area contributed by atoms with Gasteiger partial charge in [-0.1, -0.05) is 23.8 Å². The molecule has 2 aromatic carbocycles. The zero-order valence-corrected chi connectivity index (χ0v) is 14.4. The Bertz CT molecular complexity index is 774. The first kappa shape index (κ1) is 17.6. The molecule has 6 heteroatoms. The van der Waals surface area contributed by atoms with E-state index in [1.807, 2.05) is 26.0 Å². The van der Waals surface area contributed by atoms with E-state index < -0.39 is 0 Å². The van der Waals surface area contributed by atoms with Crippen LogP contribution in [0, 0.1) is 6.92 Å². The number of carbonyl (C=O) groups is 2. The largest absolute Gasteiger partial charge is 0.352 e. The summed E-state index contributed by atoms with van der Waals surface area (Å²) >= 11 is 5.16. The van der Waals surface area contributed by atoms with Crippen LogP contribution in [-0.2, 0) is 0 Å². The van der Waals surface area contributed by atoms with Gasteiger partial charge in [-0.15, -0.1) is 0 Å². The van der Waals surface area contributed by atoms with Crippen molar-refractivity contribution in [1.82, 2.24) is 10.6 Å². The Morgan fingerprint density at radius 3 is 2.33 bits per heavy atom. The van der Waals surface area contributed by atoms with Gasteiger partial charge in [-0.2, -0.15) is 0 Å². The highest BCUT2D eigenvalue weighted by molar-refractivity contribution is 7.80. The molecule has 0 aromatic heterocycles. The number of anilines is 1. The van der Waals surface area contributed by atoms with Gasteiger partial charge in [-0.25, -0.2) is 0 Å². The molecule has 2 rings (SSSR count). The zero-order valence-electron chi connectivity index (χ0n) is 13.6. The minimum atomic E-state index is -0.281. The van der Waals surface area contributed by atoms with Gasteiger partial charge in [0.2, 0.25) is 0 Å². The summed E-state index contributed by atoms with van der Waals surface area (Å²) in [5.74, 6) is -0.438. The Balaban J connectivity index is 2.01. The molecule has 2 aromatic rings. The fourth-order valence-electron chi connectivity index (χ4n) is 2.12. The van der Waals surface area contributed by atoms with Crippen LogP contribution in [0.5, 0.6) is 0 Å². The molecule has 2 amide bonds. The van der Waals surface area contributed by atoms with Gasteiger partial charge in [0.05, 0.1) is 0 Å². The van der Waals surface area contributed by atoms with E-state index in [1.54, 1.807) is 36.4 Å². The first-order chi connectivity index (χ1) is 11.5. The molecule has 0 bridgehead atoms. The van der Waals surface area contributed by atoms with Gasteiger partial charge in [-0.05, 0) is 56.4 Å². The SMILES string of the molecule is CCNC(=O)c1cccc(NC(=S)NC(=O)c2cccc(C)c2)c1. The number of amides is 2. The Morgan fingerprint density at radius 1 is 1.00 bits per heavy atom. The Morgan fingerprint density at radius 2 is 1.67 bits per heavy atom. The Kier molecular flexibility index (Phi) is 6.03. The van der Waals surface area contributed by atoms with Crippen LogP contribution in [0.15, 0.2) is 48.5 Å². The number of thiocarbonyl (C=S) groups is 1. The first-order valence-corrected chi connectivity index (χ1v) is 7.97. The predicted octanol–water partition coefficient (Wildman–Crippen LogP) is 2.87. The van der Waals surface area contributed by atoms with Crippen molar-refractivity contribution in [2.75, 3.05) is 11.9 Å². The van der Waals surface area contributed by atoms with Gasteiger partial charge in [0.1, 0.15) is 0 Å². The molecule has 124 valence electrons. The minimum absolute atomic E-state index is 0.157. The molecule has 3 N–H and O–H groups in total. The van der Waals surface area contributed by atoms with Crippen molar-refractivity contribution in [2.45, 2.75) is 13.8 Å². The molecule has 0 fully saturated rings. The van der Waals surface area contributed by atoms with Crippen LogP contribution in [-0.4, -0.2) is 23.5 Å². The van der Waals surface area contributed by atoms with E-state index in [9.17, 15) is 9.59 Å². The first-order valence-electron chi connectivity index (χ1n) is 7.57. The van der Waals surface area contributed by atoms with E-state index >= 15 is 0 Å². The second-order valence-electron chi connectivity index (χ2n) is 5.22. The van der Waals surface area contributed by atoms with Crippen LogP contribution < -0.4 is 16.0 Å². The van der Waals surface area contributed by atoms with E-state index in [-0.39, 0.29) is 16.9 Å². The summed E-state index contributed by atoms with van der Waals surface area (Å²) in [7, 11) is 0. The van der Waals surface area contributed by atoms with Gasteiger partial charge in [-0.3, -0.25) is 14.9 Å². The molecule has 0 radical (unpaired) electrons. The average molecular weight is 341 g/mol. The quantitative estimate of drug-likeness (QED) is 0.748. The average Bonchev–Trinajstić information content (AvgIpc) is 2.55. The third-order valence-electron chi connectivity index (χ3n) is 3.23. The van der Waals surface area contributed by atoms with Crippen LogP contribution in [0.3, 0.4) is 0 Å². The molecule has 24 heavy (non-hydrogen) atoms. The molecule has 0 spiro atoms. The van der Waals surface area contributed by atoms with Crippen molar-refractivity contribution < 1.29 is 9.59 Å². The zero-order chi connectivity index (χ0) is 17.5. The van der Waals surface area contributed by atoms with Gasteiger partial charge < -0.3 is 10.6 Å². The number of rotatable bonds is 4. The van der Waals surface area contributed by atoms with Crippen molar-refractivity contribution in [1.29, 1.82) is 0 Å². The lowest BCUT2D eigenvalue weighted by molar-refractivity contribution is 0.0953. The van der Waals surface area contributed by atoms with E-state index in [0.29, 0.717) is 23.4 Å². The lowest BCUT2D eigenvalue weighted by atomic mass is 10.1. The lowest BCUT2D eigenvalue weighted by Crippen LogP contribution is -2.34. The number of hydrogen-bond donors (Lipinski definition) is 3. The van der Waals surface area contributed by atoms with Crippen LogP contribution in [0.2, 0.25) is 0 Å². The second-order valence-corrected chi connectivity index (χ2v) is 5.63. The number of nitrogens with one attached hydrogen (secondary N) is 3. The molecule has 0 aliphatic carbocycles. The second kappa shape index (κ2) is 8.21. The highest BCUT2D eigenvalue weighted by Crippen LogP contribution is 2.11. The van der Waals surface area contributed by atoms with E-state index in [2.05, 4.69) is 16.0 Å². The van der Waals surface area contributed by atoms with E-state index in [4.69, 9.17) is 12.2 Å². The third-order valence-corrected chi connectivity index (χ3v) is 3.43. The van der Waals surface area contributed by atoms with E-state index in [0.717, 1.165) is 5.56 Å². The number of benzene rings is 2.